The lowest BCUT2D eigenvalue weighted by Crippen LogP contribution is -2.46. The van der Waals surface area contributed by atoms with Gasteiger partial charge in [-0.1, -0.05) is 0 Å². The van der Waals surface area contributed by atoms with Crippen LogP contribution in [-0.4, -0.2) is 46.3 Å². The van der Waals surface area contributed by atoms with Gasteiger partial charge in [-0.25, -0.2) is 0 Å². The molecule has 0 aromatic heterocycles. The Morgan fingerprint density at radius 1 is 1.45 bits per heavy atom. The van der Waals surface area contributed by atoms with E-state index >= 15 is 0 Å². The summed E-state index contributed by atoms with van der Waals surface area (Å²) in [4.78, 5) is 0. The largest absolute Gasteiger partial charge is 0.393 e. The molecule has 4 nitrogen and oxygen atoms in total. The van der Waals surface area contributed by atoms with E-state index in [4.69, 9.17) is 14.9 Å². The highest BCUT2D eigenvalue weighted by molar-refractivity contribution is 4.94. The fraction of sp³-hybridized carbons (Fsp3) is 1.00. The van der Waals surface area contributed by atoms with E-state index in [0.717, 1.165) is 0 Å². The molecule has 4 heteroatoms. The van der Waals surface area contributed by atoms with Gasteiger partial charge in [-0.3, -0.25) is 0 Å². The third-order valence-corrected chi connectivity index (χ3v) is 2.13. The average molecular weight is 162 g/mol. The average Bonchev–Trinajstić information content (AvgIpc) is 2.27. The first-order chi connectivity index (χ1) is 5.14. The standard InChI is InChI=1S/C7H14O4/c1-5-2-6(10)7(3-8,4-9)11-5/h5-6,8-10H,2-4H2,1H3/t5-,6+/m0/s1. The van der Waals surface area contributed by atoms with Gasteiger partial charge in [0.25, 0.3) is 0 Å². The molecule has 0 amide bonds. The molecule has 0 aromatic rings. The molecule has 0 unspecified atom stereocenters. The van der Waals surface area contributed by atoms with Gasteiger partial charge in [0.1, 0.15) is 5.60 Å². The molecule has 3 N–H and O–H groups in total. The molecule has 0 aromatic carbocycles. The Bertz CT molecular complexity index is 132. The van der Waals surface area contributed by atoms with Gasteiger partial charge < -0.3 is 20.1 Å². The first-order valence-corrected chi connectivity index (χ1v) is 3.72. The molecule has 1 aliphatic rings. The molecular weight excluding hydrogens is 148 g/mol. The smallest absolute Gasteiger partial charge is 0.140 e. The Morgan fingerprint density at radius 3 is 2.18 bits per heavy atom. The summed E-state index contributed by atoms with van der Waals surface area (Å²) in [5.41, 5.74) is -1.13. The quantitative estimate of drug-likeness (QED) is 0.481. The number of ether oxygens (including phenoxy) is 1. The van der Waals surface area contributed by atoms with Crippen molar-refractivity contribution in [2.24, 2.45) is 0 Å². The monoisotopic (exact) mass is 162 g/mol. The molecule has 0 spiro atoms. The third kappa shape index (κ3) is 1.39. The van der Waals surface area contributed by atoms with E-state index in [1.807, 2.05) is 0 Å². The molecule has 11 heavy (non-hydrogen) atoms. The van der Waals surface area contributed by atoms with Crippen molar-refractivity contribution in [3.05, 3.63) is 0 Å². The van der Waals surface area contributed by atoms with E-state index in [1.54, 1.807) is 6.92 Å². The van der Waals surface area contributed by atoms with E-state index in [9.17, 15) is 5.11 Å². The Hall–Kier alpha value is -0.160. The minimum absolute atomic E-state index is 0.0932. The van der Waals surface area contributed by atoms with Crippen molar-refractivity contribution in [1.82, 2.24) is 0 Å². The van der Waals surface area contributed by atoms with E-state index in [-0.39, 0.29) is 19.3 Å². The van der Waals surface area contributed by atoms with Crippen molar-refractivity contribution in [1.29, 1.82) is 0 Å². The van der Waals surface area contributed by atoms with Crippen LogP contribution >= 0.6 is 0 Å². The van der Waals surface area contributed by atoms with E-state index in [1.165, 1.54) is 0 Å². The zero-order chi connectivity index (χ0) is 8.48. The predicted molar refractivity (Wildman–Crippen MR) is 38.1 cm³/mol. The second-order valence-corrected chi connectivity index (χ2v) is 3.06. The maximum atomic E-state index is 9.36. The molecule has 1 aliphatic heterocycles. The summed E-state index contributed by atoms with van der Waals surface area (Å²) in [6.45, 7) is 1.13. The van der Waals surface area contributed by atoms with Gasteiger partial charge in [0.15, 0.2) is 0 Å². The summed E-state index contributed by atoms with van der Waals surface area (Å²) in [5.74, 6) is 0. The van der Waals surface area contributed by atoms with Gasteiger partial charge >= 0.3 is 0 Å². The number of rotatable bonds is 2. The van der Waals surface area contributed by atoms with Gasteiger partial charge in [-0.15, -0.1) is 0 Å². The third-order valence-electron chi connectivity index (χ3n) is 2.13. The highest BCUT2D eigenvalue weighted by atomic mass is 16.6. The molecule has 1 fully saturated rings. The van der Waals surface area contributed by atoms with Crippen LogP contribution in [0.15, 0.2) is 0 Å². The minimum Gasteiger partial charge on any atom is -0.393 e. The summed E-state index contributed by atoms with van der Waals surface area (Å²) in [6.07, 6.45) is -0.377. The van der Waals surface area contributed by atoms with Crippen LogP contribution in [0.2, 0.25) is 0 Å². The minimum atomic E-state index is -1.13. The molecule has 1 saturated heterocycles. The number of hydrogen-bond donors (Lipinski definition) is 3. The summed E-state index contributed by atoms with van der Waals surface area (Å²) in [6, 6.07) is 0. The Balaban J connectivity index is 2.67. The summed E-state index contributed by atoms with van der Waals surface area (Å²) in [5, 5.41) is 27.1. The van der Waals surface area contributed by atoms with E-state index < -0.39 is 11.7 Å². The molecule has 0 aliphatic carbocycles. The summed E-state index contributed by atoms with van der Waals surface area (Å²) >= 11 is 0. The maximum absolute atomic E-state index is 9.36. The molecule has 1 rings (SSSR count). The first-order valence-electron chi connectivity index (χ1n) is 3.72. The van der Waals surface area contributed by atoms with Crippen LogP contribution < -0.4 is 0 Å². The summed E-state index contributed by atoms with van der Waals surface area (Å²) in [7, 11) is 0. The van der Waals surface area contributed by atoms with Crippen LogP contribution in [0.1, 0.15) is 13.3 Å². The first kappa shape index (κ1) is 8.93. The van der Waals surface area contributed by atoms with Crippen LogP contribution in [-0.2, 0) is 4.74 Å². The Morgan fingerprint density at radius 2 is 2.00 bits per heavy atom. The van der Waals surface area contributed by atoms with Crippen LogP contribution in [0, 0.1) is 0 Å². The van der Waals surface area contributed by atoms with Crippen molar-refractivity contribution < 1.29 is 20.1 Å². The van der Waals surface area contributed by atoms with Crippen molar-refractivity contribution in [3.8, 4) is 0 Å². The van der Waals surface area contributed by atoms with Crippen molar-refractivity contribution in [2.75, 3.05) is 13.2 Å². The van der Waals surface area contributed by atoms with Crippen LogP contribution in [0.25, 0.3) is 0 Å². The molecule has 66 valence electrons. The maximum Gasteiger partial charge on any atom is 0.140 e. The molecular formula is C7H14O4. The molecule has 0 bridgehead atoms. The molecule has 0 radical (unpaired) electrons. The van der Waals surface area contributed by atoms with Gasteiger partial charge in [0.05, 0.1) is 25.4 Å². The second kappa shape index (κ2) is 3.06. The number of aliphatic hydroxyl groups excluding tert-OH is 3. The van der Waals surface area contributed by atoms with Crippen LogP contribution in [0.4, 0.5) is 0 Å². The topological polar surface area (TPSA) is 69.9 Å². The molecule has 0 saturated carbocycles. The fourth-order valence-corrected chi connectivity index (χ4v) is 1.39. The van der Waals surface area contributed by atoms with Gasteiger partial charge in [0, 0.05) is 6.42 Å². The van der Waals surface area contributed by atoms with Crippen molar-refractivity contribution in [2.45, 2.75) is 31.2 Å². The fourth-order valence-electron chi connectivity index (χ4n) is 1.39. The normalized spacial score (nSPS) is 36.0. The van der Waals surface area contributed by atoms with Gasteiger partial charge in [-0.05, 0) is 6.92 Å². The van der Waals surface area contributed by atoms with Gasteiger partial charge in [0.2, 0.25) is 0 Å². The van der Waals surface area contributed by atoms with Crippen molar-refractivity contribution in [3.63, 3.8) is 0 Å². The lowest BCUT2D eigenvalue weighted by molar-refractivity contribution is -0.132. The van der Waals surface area contributed by atoms with Gasteiger partial charge in [-0.2, -0.15) is 0 Å². The Labute approximate surface area is 65.4 Å². The number of aliphatic hydroxyl groups is 3. The Kier molecular flexibility index (Phi) is 2.49. The highest BCUT2D eigenvalue weighted by Crippen LogP contribution is 2.29. The summed E-state index contributed by atoms with van der Waals surface area (Å²) < 4.78 is 5.21. The molecule has 1 heterocycles. The SMILES string of the molecule is C[C@H]1C[C@@H](O)C(CO)(CO)O1. The lowest BCUT2D eigenvalue weighted by Gasteiger charge is -2.27. The second-order valence-electron chi connectivity index (χ2n) is 3.06. The van der Waals surface area contributed by atoms with E-state index in [2.05, 4.69) is 0 Å². The zero-order valence-corrected chi connectivity index (χ0v) is 6.53. The lowest BCUT2D eigenvalue weighted by atomic mass is 9.99. The van der Waals surface area contributed by atoms with Crippen LogP contribution in [0.5, 0.6) is 0 Å². The predicted octanol–water partition coefficient (Wildman–Crippen LogP) is -1.12. The van der Waals surface area contributed by atoms with E-state index in [0.29, 0.717) is 6.42 Å². The number of hydrogen-bond acceptors (Lipinski definition) is 4. The van der Waals surface area contributed by atoms with Crippen molar-refractivity contribution >= 4 is 0 Å². The van der Waals surface area contributed by atoms with Crippen LogP contribution in [0.3, 0.4) is 0 Å². The molecule has 2 atom stereocenters. The highest BCUT2D eigenvalue weighted by Gasteiger charge is 2.45. The zero-order valence-electron chi connectivity index (χ0n) is 6.53.